The van der Waals surface area contributed by atoms with E-state index in [0.29, 0.717) is 63.9 Å². The van der Waals surface area contributed by atoms with Crippen molar-refractivity contribution < 1.29 is 9.13 Å². The van der Waals surface area contributed by atoms with Crippen LogP contribution in [0.5, 0.6) is 5.88 Å². The molecule has 6 rings (SSSR count). The molecule has 11 heteroatoms. The third kappa shape index (κ3) is 3.29. The molecule has 4 heterocycles. The maximum atomic E-state index is 15.3. The number of hydrogen-bond acceptors (Lipinski definition) is 8. The van der Waals surface area contributed by atoms with E-state index in [1.807, 2.05) is 6.92 Å². The van der Waals surface area contributed by atoms with E-state index < -0.39 is 5.82 Å². The summed E-state index contributed by atoms with van der Waals surface area (Å²) in [5.74, 6) is 0.281. The number of rotatable bonds is 4. The molecule has 2 aliphatic rings. The standard InChI is InChI=1S/C22H20ClFN8O/c1-10-13(7-27-21-19(10)26-4-5-33-21)12-6-15-14(18(25)17(12)24)8-28-22(30-15)31-16-9-29-32(20(16)23)11-2-3-11/h6-9,11,26H,2-5,25H2,1H3,(H,28,30,31). The van der Waals surface area contributed by atoms with Crippen molar-refractivity contribution in [3.63, 3.8) is 0 Å². The first kappa shape index (κ1) is 20.0. The number of nitrogen functional groups attached to an aromatic ring is 1. The number of nitrogens with zero attached hydrogens (tertiary/aromatic N) is 5. The molecule has 4 N–H and O–H groups in total. The lowest BCUT2D eigenvalue weighted by Crippen LogP contribution is -2.20. The van der Waals surface area contributed by atoms with Gasteiger partial charge in [0, 0.05) is 35.5 Å². The topological polar surface area (TPSA) is 116 Å². The lowest BCUT2D eigenvalue weighted by molar-refractivity contribution is 0.310. The monoisotopic (exact) mass is 466 g/mol. The largest absolute Gasteiger partial charge is 0.474 e. The molecule has 0 saturated heterocycles. The molecule has 1 aliphatic carbocycles. The fourth-order valence-electron chi connectivity index (χ4n) is 4.05. The van der Waals surface area contributed by atoms with Crippen molar-refractivity contribution >= 4 is 45.5 Å². The van der Waals surface area contributed by atoms with E-state index in [4.69, 9.17) is 22.1 Å². The summed E-state index contributed by atoms with van der Waals surface area (Å²) in [6.07, 6.45) is 6.88. The number of hydrogen-bond donors (Lipinski definition) is 3. The predicted octanol–water partition coefficient (Wildman–Crippen LogP) is 4.45. The molecule has 168 valence electrons. The lowest BCUT2D eigenvalue weighted by atomic mass is 9.98. The minimum atomic E-state index is -0.540. The van der Waals surface area contributed by atoms with Gasteiger partial charge in [-0.3, -0.25) is 0 Å². The predicted molar refractivity (Wildman–Crippen MR) is 125 cm³/mol. The van der Waals surface area contributed by atoms with E-state index in [-0.39, 0.29) is 5.69 Å². The van der Waals surface area contributed by atoms with E-state index in [9.17, 15) is 0 Å². The molecule has 4 aromatic rings. The third-order valence-electron chi connectivity index (χ3n) is 5.97. The summed E-state index contributed by atoms with van der Waals surface area (Å²) in [4.78, 5) is 13.2. The zero-order chi connectivity index (χ0) is 22.7. The number of aromatic nitrogens is 5. The number of nitrogens with two attached hydrogens (primary N) is 1. The number of halogens is 2. The molecule has 33 heavy (non-hydrogen) atoms. The van der Waals surface area contributed by atoms with Gasteiger partial charge in [0.2, 0.25) is 11.8 Å². The molecule has 0 spiro atoms. The highest BCUT2D eigenvalue weighted by Gasteiger charge is 2.27. The third-order valence-corrected chi connectivity index (χ3v) is 6.35. The number of fused-ring (bicyclic) bond motifs is 2. The smallest absolute Gasteiger partial charge is 0.237 e. The van der Waals surface area contributed by atoms with Crippen LogP contribution in [-0.4, -0.2) is 37.9 Å². The van der Waals surface area contributed by atoms with Crippen molar-refractivity contribution in [1.82, 2.24) is 24.7 Å². The molecule has 3 aromatic heterocycles. The van der Waals surface area contributed by atoms with Crippen LogP contribution in [0.4, 0.5) is 27.4 Å². The van der Waals surface area contributed by atoms with Crippen LogP contribution >= 0.6 is 11.6 Å². The van der Waals surface area contributed by atoms with Crippen molar-refractivity contribution in [3.05, 3.63) is 41.2 Å². The molecule has 0 bridgehead atoms. The Bertz CT molecular complexity index is 1420. The second kappa shape index (κ2) is 7.45. The Labute approximate surface area is 193 Å². The highest BCUT2D eigenvalue weighted by molar-refractivity contribution is 6.32. The summed E-state index contributed by atoms with van der Waals surface area (Å²) < 4.78 is 22.7. The summed E-state index contributed by atoms with van der Waals surface area (Å²) in [5.41, 5.74) is 9.73. The number of benzene rings is 1. The Balaban J connectivity index is 1.42. The van der Waals surface area contributed by atoms with Crippen LogP contribution in [0.15, 0.2) is 24.7 Å². The van der Waals surface area contributed by atoms with Crippen molar-refractivity contribution in [2.45, 2.75) is 25.8 Å². The van der Waals surface area contributed by atoms with Gasteiger partial charge in [0.25, 0.3) is 0 Å². The molecule has 1 aliphatic heterocycles. The molecule has 0 radical (unpaired) electrons. The molecule has 9 nitrogen and oxygen atoms in total. The molecule has 1 aromatic carbocycles. The summed E-state index contributed by atoms with van der Waals surface area (Å²) in [7, 11) is 0. The summed E-state index contributed by atoms with van der Waals surface area (Å²) in [5, 5.41) is 11.6. The van der Waals surface area contributed by atoms with Gasteiger partial charge in [-0.25, -0.2) is 24.0 Å². The molecular weight excluding hydrogens is 447 g/mol. The fraction of sp³-hybridized carbons (Fsp3) is 0.273. The Morgan fingerprint density at radius 1 is 1.24 bits per heavy atom. The first-order chi connectivity index (χ1) is 16.0. The van der Waals surface area contributed by atoms with Gasteiger partial charge in [-0.2, -0.15) is 5.10 Å². The van der Waals surface area contributed by atoms with Crippen LogP contribution in [0.3, 0.4) is 0 Å². The number of anilines is 4. The van der Waals surface area contributed by atoms with Crippen LogP contribution in [0.2, 0.25) is 5.15 Å². The normalized spacial score (nSPS) is 15.1. The molecule has 0 atom stereocenters. The van der Waals surface area contributed by atoms with Gasteiger partial charge >= 0.3 is 0 Å². The van der Waals surface area contributed by atoms with Gasteiger partial charge in [0.15, 0.2) is 11.0 Å². The summed E-state index contributed by atoms with van der Waals surface area (Å²) in [6, 6.07) is 2.01. The van der Waals surface area contributed by atoms with Crippen molar-refractivity contribution in [3.8, 4) is 17.0 Å². The Hall–Kier alpha value is -3.66. The summed E-state index contributed by atoms with van der Waals surface area (Å²) in [6.45, 7) is 3.08. The Morgan fingerprint density at radius 3 is 2.91 bits per heavy atom. The Kier molecular flexibility index (Phi) is 4.51. The zero-order valence-corrected chi connectivity index (χ0v) is 18.4. The van der Waals surface area contributed by atoms with Gasteiger partial charge in [0.1, 0.15) is 12.3 Å². The van der Waals surface area contributed by atoms with E-state index in [1.165, 1.54) is 6.20 Å². The highest BCUT2D eigenvalue weighted by atomic mass is 35.5. The maximum absolute atomic E-state index is 15.3. The fourth-order valence-corrected chi connectivity index (χ4v) is 4.33. The minimum Gasteiger partial charge on any atom is -0.474 e. The number of pyridine rings is 1. The van der Waals surface area contributed by atoms with Crippen LogP contribution in [0.1, 0.15) is 24.4 Å². The minimum absolute atomic E-state index is 0.0186. The zero-order valence-electron chi connectivity index (χ0n) is 17.7. The molecule has 1 fully saturated rings. The van der Waals surface area contributed by atoms with E-state index in [1.54, 1.807) is 23.1 Å². The van der Waals surface area contributed by atoms with E-state index in [0.717, 1.165) is 24.1 Å². The highest BCUT2D eigenvalue weighted by Crippen LogP contribution is 2.40. The molecular formula is C22H20ClFN8O. The first-order valence-corrected chi connectivity index (χ1v) is 11.0. The van der Waals surface area contributed by atoms with Gasteiger partial charge in [-0.15, -0.1) is 0 Å². The van der Waals surface area contributed by atoms with Gasteiger partial charge in [-0.05, 0) is 31.4 Å². The van der Waals surface area contributed by atoms with Crippen LogP contribution in [-0.2, 0) is 0 Å². The van der Waals surface area contributed by atoms with Crippen LogP contribution < -0.4 is 21.1 Å². The maximum Gasteiger partial charge on any atom is 0.237 e. The van der Waals surface area contributed by atoms with Crippen LogP contribution in [0.25, 0.3) is 22.0 Å². The van der Waals surface area contributed by atoms with E-state index >= 15 is 4.39 Å². The SMILES string of the molecule is Cc1c(-c2cc3nc(Nc4cnn(C5CC5)c4Cl)ncc3c(N)c2F)cnc2c1NCCO2. The number of ether oxygens (including phenoxy) is 1. The average Bonchev–Trinajstić information content (AvgIpc) is 3.61. The van der Waals surface area contributed by atoms with Gasteiger partial charge in [0.05, 0.1) is 29.1 Å². The molecule has 0 unspecified atom stereocenters. The first-order valence-electron chi connectivity index (χ1n) is 10.6. The van der Waals surface area contributed by atoms with Gasteiger partial charge in [-0.1, -0.05) is 11.6 Å². The van der Waals surface area contributed by atoms with Crippen molar-refractivity contribution in [2.75, 3.05) is 29.5 Å². The number of nitrogens with one attached hydrogen (secondary N) is 2. The van der Waals surface area contributed by atoms with E-state index in [2.05, 4.69) is 30.7 Å². The Morgan fingerprint density at radius 2 is 2.09 bits per heavy atom. The quantitative estimate of drug-likeness (QED) is 0.378. The van der Waals surface area contributed by atoms with Crippen LogP contribution in [0, 0.1) is 12.7 Å². The molecule has 1 saturated carbocycles. The second-order valence-corrected chi connectivity index (χ2v) is 8.54. The second-order valence-electron chi connectivity index (χ2n) is 8.18. The summed E-state index contributed by atoms with van der Waals surface area (Å²) >= 11 is 6.44. The average molecular weight is 467 g/mol. The van der Waals surface area contributed by atoms with Crippen molar-refractivity contribution in [2.24, 2.45) is 0 Å². The van der Waals surface area contributed by atoms with Crippen molar-refractivity contribution in [1.29, 1.82) is 0 Å². The van der Waals surface area contributed by atoms with Gasteiger partial charge < -0.3 is 21.1 Å². The molecule has 0 amide bonds. The lowest BCUT2D eigenvalue weighted by Gasteiger charge is -2.22.